The van der Waals surface area contributed by atoms with Crippen LogP contribution in [0.3, 0.4) is 0 Å². The number of carbonyl (C=O) groups excluding carboxylic acids is 1. The fourth-order valence-electron chi connectivity index (χ4n) is 3.23. The highest BCUT2D eigenvalue weighted by atomic mass is 16.2. The molecular formula is C20H26N4O. The van der Waals surface area contributed by atoms with E-state index in [1.807, 2.05) is 41.3 Å². The van der Waals surface area contributed by atoms with Crippen molar-refractivity contribution in [3.8, 4) is 11.4 Å². The third-order valence-corrected chi connectivity index (χ3v) is 4.69. The molecule has 1 aliphatic heterocycles. The molecule has 0 spiro atoms. The zero-order valence-electron chi connectivity index (χ0n) is 15.1. The number of likely N-dealkylation sites (tertiary alicyclic amines) is 1. The Hall–Kier alpha value is -2.43. The Labute approximate surface area is 149 Å². The number of hydrogen-bond donors (Lipinski definition) is 0. The van der Waals surface area contributed by atoms with Gasteiger partial charge in [-0.05, 0) is 33.1 Å². The molecule has 0 radical (unpaired) electrons. The smallest absolute Gasteiger partial charge is 0.272 e. The fourth-order valence-corrected chi connectivity index (χ4v) is 3.23. The molecule has 1 aromatic carbocycles. The summed E-state index contributed by atoms with van der Waals surface area (Å²) in [7, 11) is 0. The van der Waals surface area contributed by atoms with Crippen molar-refractivity contribution in [1.29, 1.82) is 0 Å². The van der Waals surface area contributed by atoms with Crippen LogP contribution in [0.1, 0.15) is 43.6 Å². The molecule has 1 amide bonds. The van der Waals surface area contributed by atoms with Gasteiger partial charge in [0, 0.05) is 37.8 Å². The van der Waals surface area contributed by atoms with Crippen LogP contribution in [0.25, 0.3) is 11.4 Å². The second-order valence-electron chi connectivity index (χ2n) is 6.33. The molecule has 0 aliphatic carbocycles. The fraction of sp³-hybridized carbons (Fsp3) is 0.450. The van der Waals surface area contributed by atoms with Crippen molar-refractivity contribution in [3.05, 3.63) is 42.1 Å². The van der Waals surface area contributed by atoms with Gasteiger partial charge in [0.05, 0.1) is 0 Å². The normalized spacial score (nSPS) is 14.4. The van der Waals surface area contributed by atoms with Crippen LogP contribution in [-0.4, -0.2) is 47.0 Å². The van der Waals surface area contributed by atoms with Crippen LogP contribution >= 0.6 is 0 Å². The maximum Gasteiger partial charge on any atom is 0.272 e. The summed E-state index contributed by atoms with van der Waals surface area (Å²) in [6.45, 7) is 7.53. The van der Waals surface area contributed by atoms with E-state index in [9.17, 15) is 4.79 Å². The van der Waals surface area contributed by atoms with Gasteiger partial charge in [-0.25, -0.2) is 9.97 Å². The topological polar surface area (TPSA) is 49.3 Å². The van der Waals surface area contributed by atoms with E-state index >= 15 is 0 Å². The molecule has 2 heterocycles. The summed E-state index contributed by atoms with van der Waals surface area (Å²) in [6, 6.07) is 11.7. The molecule has 2 aromatic rings. The van der Waals surface area contributed by atoms with Crippen LogP contribution in [0.5, 0.6) is 0 Å². The summed E-state index contributed by atoms with van der Waals surface area (Å²) in [4.78, 5) is 26.3. The van der Waals surface area contributed by atoms with Crippen LogP contribution in [-0.2, 0) is 0 Å². The molecule has 5 nitrogen and oxygen atoms in total. The van der Waals surface area contributed by atoms with Gasteiger partial charge in [0.1, 0.15) is 11.5 Å². The van der Waals surface area contributed by atoms with Crippen molar-refractivity contribution >= 4 is 11.7 Å². The molecule has 0 N–H and O–H groups in total. The van der Waals surface area contributed by atoms with Gasteiger partial charge in [-0.3, -0.25) is 4.79 Å². The number of aromatic nitrogens is 2. The average Bonchev–Trinajstić information content (AvgIpc) is 2.69. The largest absolute Gasteiger partial charge is 0.357 e. The van der Waals surface area contributed by atoms with Gasteiger partial charge in [0.25, 0.3) is 5.91 Å². The van der Waals surface area contributed by atoms with Crippen LogP contribution in [0.4, 0.5) is 5.82 Å². The number of nitrogens with zero attached hydrogens (tertiary/aromatic N) is 4. The second-order valence-corrected chi connectivity index (χ2v) is 6.33. The summed E-state index contributed by atoms with van der Waals surface area (Å²) >= 11 is 0. The SMILES string of the molecule is CCN(CC)c1cc(C(=O)N2CCCCC2)nc(-c2ccccc2)n1. The predicted octanol–water partition coefficient (Wildman–Crippen LogP) is 3.62. The van der Waals surface area contributed by atoms with Gasteiger partial charge >= 0.3 is 0 Å². The standard InChI is InChI=1S/C20H26N4O/c1-3-23(4-2)18-15-17(20(25)24-13-9-6-10-14-24)21-19(22-18)16-11-7-5-8-12-16/h5,7-8,11-12,15H,3-4,6,9-10,13-14H2,1-2H3. The Morgan fingerprint density at radius 1 is 1.04 bits per heavy atom. The number of anilines is 1. The number of rotatable bonds is 5. The van der Waals surface area contributed by atoms with E-state index in [2.05, 4.69) is 23.7 Å². The number of piperidine rings is 1. The lowest BCUT2D eigenvalue weighted by atomic mass is 10.1. The Morgan fingerprint density at radius 3 is 2.36 bits per heavy atom. The average molecular weight is 338 g/mol. The molecule has 0 saturated carbocycles. The number of carbonyl (C=O) groups is 1. The van der Waals surface area contributed by atoms with E-state index in [-0.39, 0.29) is 5.91 Å². The first-order valence-electron chi connectivity index (χ1n) is 9.21. The Balaban J connectivity index is 2.01. The highest BCUT2D eigenvalue weighted by Crippen LogP contribution is 2.22. The Kier molecular flexibility index (Phi) is 5.64. The van der Waals surface area contributed by atoms with Crippen molar-refractivity contribution < 1.29 is 4.79 Å². The van der Waals surface area contributed by atoms with Gasteiger partial charge in [-0.15, -0.1) is 0 Å². The molecule has 5 heteroatoms. The molecule has 1 saturated heterocycles. The number of benzene rings is 1. The molecule has 3 rings (SSSR count). The molecule has 1 aromatic heterocycles. The lowest BCUT2D eigenvalue weighted by Crippen LogP contribution is -2.36. The quantitative estimate of drug-likeness (QED) is 0.835. The minimum Gasteiger partial charge on any atom is -0.357 e. The third kappa shape index (κ3) is 3.98. The van der Waals surface area contributed by atoms with E-state index < -0.39 is 0 Å². The summed E-state index contributed by atoms with van der Waals surface area (Å²) in [5, 5.41) is 0. The van der Waals surface area contributed by atoms with E-state index in [0.29, 0.717) is 11.5 Å². The van der Waals surface area contributed by atoms with Crippen molar-refractivity contribution in [1.82, 2.24) is 14.9 Å². The minimum atomic E-state index is 0.0210. The van der Waals surface area contributed by atoms with Crippen LogP contribution in [0.2, 0.25) is 0 Å². The van der Waals surface area contributed by atoms with Crippen LogP contribution in [0.15, 0.2) is 36.4 Å². The maximum absolute atomic E-state index is 13.0. The summed E-state index contributed by atoms with van der Waals surface area (Å²) in [5.41, 5.74) is 1.43. The first kappa shape index (κ1) is 17.4. The van der Waals surface area contributed by atoms with Crippen LogP contribution in [0, 0.1) is 0 Å². The second kappa shape index (κ2) is 8.10. The minimum absolute atomic E-state index is 0.0210. The van der Waals surface area contributed by atoms with Crippen molar-refractivity contribution in [2.75, 3.05) is 31.1 Å². The Morgan fingerprint density at radius 2 is 1.72 bits per heavy atom. The molecular weight excluding hydrogens is 312 g/mol. The summed E-state index contributed by atoms with van der Waals surface area (Å²) < 4.78 is 0. The molecule has 0 atom stereocenters. The third-order valence-electron chi connectivity index (χ3n) is 4.69. The molecule has 1 fully saturated rings. The lowest BCUT2D eigenvalue weighted by Gasteiger charge is -2.27. The number of amides is 1. The van der Waals surface area contributed by atoms with E-state index in [0.717, 1.165) is 50.4 Å². The first-order valence-corrected chi connectivity index (χ1v) is 9.21. The molecule has 0 bridgehead atoms. The predicted molar refractivity (Wildman–Crippen MR) is 101 cm³/mol. The van der Waals surface area contributed by atoms with Crippen molar-refractivity contribution in [2.24, 2.45) is 0 Å². The van der Waals surface area contributed by atoms with Gasteiger partial charge in [0.2, 0.25) is 0 Å². The van der Waals surface area contributed by atoms with E-state index in [4.69, 9.17) is 4.98 Å². The zero-order chi connectivity index (χ0) is 17.6. The van der Waals surface area contributed by atoms with E-state index in [1.54, 1.807) is 0 Å². The van der Waals surface area contributed by atoms with E-state index in [1.165, 1.54) is 6.42 Å². The highest BCUT2D eigenvalue weighted by Gasteiger charge is 2.22. The lowest BCUT2D eigenvalue weighted by molar-refractivity contribution is 0.0718. The van der Waals surface area contributed by atoms with Gasteiger partial charge < -0.3 is 9.80 Å². The molecule has 1 aliphatic rings. The monoisotopic (exact) mass is 338 g/mol. The Bertz CT molecular complexity index is 707. The summed E-state index contributed by atoms with van der Waals surface area (Å²) in [6.07, 6.45) is 3.35. The van der Waals surface area contributed by atoms with Gasteiger partial charge in [0.15, 0.2) is 5.82 Å². The number of hydrogen-bond acceptors (Lipinski definition) is 4. The van der Waals surface area contributed by atoms with Crippen molar-refractivity contribution in [3.63, 3.8) is 0 Å². The van der Waals surface area contributed by atoms with Crippen molar-refractivity contribution in [2.45, 2.75) is 33.1 Å². The maximum atomic E-state index is 13.0. The summed E-state index contributed by atoms with van der Waals surface area (Å²) in [5.74, 6) is 1.46. The van der Waals surface area contributed by atoms with Gasteiger partial charge in [-0.1, -0.05) is 30.3 Å². The molecule has 25 heavy (non-hydrogen) atoms. The highest BCUT2D eigenvalue weighted by molar-refractivity contribution is 5.93. The zero-order valence-corrected chi connectivity index (χ0v) is 15.1. The first-order chi connectivity index (χ1) is 12.2. The molecule has 0 unspecified atom stereocenters. The molecule has 132 valence electrons. The van der Waals surface area contributed by atoms with Gasteiger partial charge in [-0.2, -0.15) is 0 Å². The van der Waals surface area contributed by atoms with Crippen LogP contribution < -0.4 is 4.90 Å².